The van der Waals surface area contributed by atoms with E-state index in [1.165, 1.54) is 44.9 Å². The molecule has 0 bridgehead atoms. The molecule has 1 aliphatic heterocycles. The summed E-state index contributed by atoms with van der Waals surface area (Å²) in [6.07, 6.45) is 15.8. The van der Waals surface area contributed by atoms with Crippen molar-refractivity contribution in [1.82, 2.24) is 0 Å². The lowest BCUT2D eigenvalue weighted by Crippen LogP contribution is -2.51. The standard InChI is InChI=1S/C21H32N2/c1-13-17-5-6-19-16-4-3-14-11-15(22)7-9-20(14,2)18(16)8-10-21(17,19)12-23-13/h3,12-13,15-19H,4-11,22H2,1-2H3/t13-,15-,16+,17+,18-,19-,20-,21-/m0/s1. The van der Waals surface area contributed by atoms with Gasteiger partial charge in [0, 0.05) is 17.7 Å². The summed E-state index contributed by atoms with van der Waals surface area (Å²) in [5.41, 5.74) is 8.94. The Kier molecular flexibility index (Phi) is 3.01. The van der Waals surface area contributed by atoms with Crippen LogP contribution in [0.4, 0.5) is 0 Å². The van der Waals surface area contributed by atoms with Crippen molar-refractivity contribution in [2.75, 3.05) is 0 Å². The van der Waals surface area contributed by atoms with Crippen molar-refractivity contribution >= 4 is 6.21 Å². The van der Waals surface area contributed by atoms with Gasteiger partial charge in [-0.2, -0.15) is 0 Å². The topological polar surface area (TPSA) is 38.4 Å². The number of nitrogens with two attached hydrogens (primary N) is 1. The van der Waals surface area contributed by atoms with Gasteiger partial charge in [0.25, 0.3) is 0 Å². The maximum absolute atomic E-state index is 6.28. The summed E-state index contributed by atoms with van der Waals surface area (Å²) in [4.78, 5) is 4.89. The first-order chi connectivity index (χ1) is 11.0. The van der Waals surface area contributed by atoms with Gasteiger partial charge in [0.05, 0.1) is 6.04 Å². The Balaban J connectivity index is 1.51. The average molecular weight is 313 g/mol. The van der Waals surface area contributed by atoms with Crippen LogP contribution in [0.5, 0.6) is 0 Å². The van der Waals surface area contributed by atoms with Crippen molar-refractivity contribution in [2.24, 2.45) is 45.2 Å². The van der Waals surface area contributed by atoms with Crippen molar-refractivity contribution in [3.05, 3.63) is 11.6 Å². The van der Waals surface area contributed by atoms with Crippen molar-refractivity contribution in [2.45, 2.75) is 77.3 Å². The molecule has 0 aromatic heterocycles. The highest BCUT2D eigenvalue weighted by molar-refractivity contribution is 5.71. The highest BCUT2D eigenvalue weighted by Crippen LogP contribution is 2.67. The Labute approximate surface area is 141 Å². The summed E-state index contributed by atoms with van der Waals surface area (Å²) in [5.74, 6) is 3.58. The third-order valence-corrected chi connectivity index (χ3v) is 8.93. The van der Waals surface area contributed by atoms with Crippen LogP contribution in [0, 0.1) is 34.5 Å². The second-order valence-corrected chi connectivity index (χ2v) is 9.62. The van der Waals surface area contributed by atoms with Gasteiger partial charge in [-0.1, -0.05) is 18.6 Å². The van der Waals surface area contributed by atoms with Gasteiger partial charge in [-0.25, -0.2) is 0 Å². The molecule has 5 rings (SSSR count). The van der Waals surface area contributed by atoms with Gasteiger partial charge in [0.2, 0.25) is 0 Å². The Bertz CT molecular complexity index is 578. The first-order valence-corrected chi connectivity index (χ1v) is 10.0. The normalized spacial score (nSPS) is 57.3. The van der Waals surface area contributed by atoms with E-state index in [2.05, 4.69) is 26.1 Å². The molecule has 0 saturated heterocycles. The third kappa shape index (κ3) is 1.77. The number of nitrogens with zero attached hydrogens (tertiary/aromatic N) is 1. The van der Waals surface area contributed by atoms with Crippen LogP contribution in [0.3, 0.4) is 0 Å². The fourth-order valence-electron chi connectivity index (χ4n) is 7.76. The number of fused-ring (bicyclic) bond motifs is 4. The van der Waals surface area contributed by atoms with E-state index >= 15 is 0 Å². The zero-order chi connectivity index (χ0) is 15.8. The van der Waals surface area contributed by atoms with Crippen molar-refractivity contribution in [3.8, 4) is 0 Å². The predicted octanol–water partition coefficient (Wildman–Crippen LogP) is 4.35. The minimum Gasteiger partial charge on any atom is -0.327 e. The molecule has 3 saturated carbocycles. The Hall–Kier alpha value is -0.630. The lowest BCUT2D eigenvalue weighted by atomic mass is 9.47. The molecule has 0 radical (unpaired) electrons. The molecular weight excluding hydrogens is 280 g/mol. The smallest absolute Gasteiger partial charge is 0.0504 e. The second kappa shape index (κ2) is 4.71. The van der Waals surface area contributed by atoms with Gasteiger partial charge in [-0.05, 0) is 87.4 Å². The molecule has 5 aliphatic rings. The van der Waals surface area contributed by atoms with Crippen LogP contribution >= 0.6 is 0 Å². The Morgan fingerprint density at radius 3 is 2.78 bits per heavy atom. The van der Waals surface area contributed by atoms with Gasteiger partial charge >= 0.3 is 0 Å². The number of allylic oxidation sites excluding steroid dienone is 1. The molecule has 3 fully saturated rings. The number of aliphatic imine (C=N–C) groups is 1. The minimum atomic E-state index is 0.416. The van der Waals surface area contributed by atoms with Crippen LogP contribution in [0.15, 0.2) is 16.6 Å². The molecule has 1 heterocycles. The van der Waals surface area contributed by atoms with Crippen LogP contribution in [0.1, 0.15) is 65.2 Å². The van der Waals surface area contributed by atoms with E-state index in [0.29, 0.717) is 22.9 Å². The van der Waals surface area contributed by atoms with Gasteiger partial charge < -0.3 is 5.73 Å². The summed E-state index contributed by atoms with van der Waals surface area (Å²) in [6.45, 7) is 4.93. The van der Waals surface area contributed by atoms with Crippen molar-refractivity contribution in [3.63, 3.8) is 0 Å². The van der Waals surface area contributed by atoms with Gasteiger partial charge in [0.1, 0.15) is 0 Å². The highest BCUT2D eigenvalue weighted by atomic mass is 14.9. The Morgan fingerprint density at radius 1 is 1.09 bits per heavy atom. The molecule has 126 valence electrons. The largest absolute Gasteiger partial charge is 0.327 e. The van der Waals surface area contributed by atoms with Crippen LogP contribution in [-0.4, -0.2) is 18.3 Å². The summed E-state index contributed by atoms with van der Waals surface area (Å²) in [5, 5.41) is 0. The fourth-order valence-corrected chi connectivity index (χ4v) is 7.76. The van der Waals surface area contributed by atoms with Gasteiger partial charge in [-0.3, -0.25) is 4.99 Å². The van der Waals surface area contributed by atoms with Crippen LogP contribution in [-0.2, 0) is 0 Å². The molecule has 4 aliphatic carbocycles. The molecule has 0 amide bonds. The SMILES string of the molecule is C[C@@H]1N=C[C@]23CC[C@H]4[C@@H](CC=C5C[C@@H](N)CC[C@@]54C)[C@@H]2CC[C@H]13. The summed E-state index contributed by atoms with van der Waals surface area (Å²) in [7, 11) is 0. The van der Waals surface area contributed by atoms with E-state index in [1.54, 1.807) is 5.57 Å². The number of rotatable bonds is 0. The van der Waals surface area contributed by atoms with Crippen LogP contribution < -0.4 is 5.73 Å². The van der Waals surface area contributed by atoms with E-state index in [1.807, 2.05) is 0 Å². The maximum Gasteiger partial charge on any atom is 0.0504 e. The first-order valence-electron chi connectivity index (χ1n) is 10.0. The van der Waals surface area contributed by atoms with E-state index in [0.717, 1.165) is 30.1 Å². The summed E-state index contributed by atoms with van der Waals surface area (Å²) >= 11 is 0. The third-order valence-electron chi connectivity index (χ3n) is 8.93. The van der Waals surface area contributed by atoms with E-state index < -0.39 is 0 Å². The molecule has 0 aromatic rings. The lowest BCUT2D eigenvalue weighted by Gasteiger charge is -2.57. The second-order valence-electron chi connectivity index (χ2n) is 9.62. The molecule has 2 N–H and O–H groups in total. The molecule has 8 atom stereocenters. The van der Waals surface area contributed by atoms with Crippen LogP contribution in [0.25, 0.3) is 0 Å². The van der Waals surface area contributed by atoms with E-state index in [-0.39, 0.29) is 0 Å². The molecule has 0 aromatic carbocycles. The zero-order valence-corrected chi connectivity index (χ0v) is 14.8. The predicted molar refractivity (Wildman–Crippen MR) is 95.4 cm³/mol. The number of hydrogen-bond acceptors (Lipinski definition) is 2. The fraction of sp³-hybridized carbons (Fsp3) is 0.857. The summed E-state index contributed by atoms with van der Waals surface area (Å²) < 4.78 is 0. The zero-order valence-electron chi connectivity index (χ0n) is 14.8. The number of hydrogen-bond donors (Lipinski definition) is 1. The summed E-state index contributed by atoms with van der Waals surface area (Å²) in [6, 6.07) is 0.994. The highest BCUT2D eigenvalue weighted by Gasteiger charge is 2.61. The molecular formula is C21H32N2. The van der Waals surface area contributed by atoms with Crippen molar-refractivity contribution in [1.29, 1.82) is 0 Å². The first kappa shape index (κ1) is 14.7. The average Bonchev–Trinajstić information content (AvgIpc) is 3.06. The molecule has 2 nitrogen and oxygen atoms in total. The molecule has 2 heteroatoms. The molecule has 1 spiro atoms. The maximum atomic E-state index is 6.28. The van der Waals surface area contributed by atoms with Gasteiger partial charge in [0.15, 0.2) is 0 Å². The van der Waals surface area contributed by atoms with E-state index in [4.69, 9.17) is 10.7 Å². The minimum absolute atomic E-state index is 0.416. The quantitative estimate of drug-likeness (QED) is 0.664. The molecule has 0 unspecified atom stereocenters. The van der Waals surface area contributed by atoms with E-state index in [9.17, 15) is 0 Å². The van der Waals surface area contributed by atoms with Gasteiger partial charge in [-0.15, -0.1) is 0 Å². The Morgan fingerprint density at radius 2 is 1.91 bits per heavy atom. The molecule has 23 heavy (non-hydrogen) atoms. The van der Waals surface area contributed by atoms with Crippen LogP contribution in [0.2, 0.25) is 0 Å². The van der Waals surface area contributed by atoms with Crippen molar-refractivity contribution < 1.29 is 0 Å². The lowest BCUT2D eigenvalue weighted by molar-refractivity contribution is -0.0148. The monoisotopic (exact) mass is 312 g/mol.